The molecule has 0 saturated carbocycles. The maximum atomic E-state index is 11.4. The van der Waals surface area contributed by atoms with E-state index in [1.165, 1.54) is 18.2 Å². The summed E-state index contributed by atoms with van der Waals surface area (Å²) in [4.78, 5) is 21.7. The number of nitrogens with zero attached hydrogens (tertiary/aromatic N) is 1. The first-order chi connectivity index (χ1) is 9.58. The molecular formula is C13H17N3O4. The van der Waals surface area contributed by atoms with E-state index in [0.29, 0.717) is 24.4 Å². The van der Waals surface area contributed by atoms with Crippen molar-refractivity contribution in [1.82, 2.24) is 10.6 Å². The van der Waals surface area contributed by atoms with Crippen LogP contribution in [0.1, 0.15) is 5.56 Å². The quantitative estimate of drug-likeness (QED) is 0.420. The van der Waals surface area contributed by atoms with E-state index in [-0.39, 0.29) is 18.2 Å². The van der Waals surface area contributed by atoms with Gasteiger partial charge in [0.15, 0.2) is 6.61 Å². The van der Waals surface area contributed by atoms with Crippen molar-refractivity contribution in [2.75, 3.05) is 20.2 Å². The Hall–Kier alpha value is -2.41. The molecule has 7 nitrogen and oxygen atoms in total. The number of ether oxygens (including phenoxy) is 1. The van der Waals surface area contributed by atoms with E-state index in [2.05, 4.69) is 17.2 Å². The van der Waals surface area contributed by atoms with Crippen LogP contribution in [0.5, 0.6) is 5.75 Å². The number of carbonyl (C=O) groups excluding carboxylic acids is 1. The first kappa shape index (κ1) is 15.6. The fourth-order valence-corrected chi connectivity index (χ4v) is 1.53. The Kier molecular flexibility index (Phi) is 6.18. The molecule has 0 aliphatic carbocycles. The summed E-state index contributed by atoms with van der Waals surface area (Å²) in [5.74, 6) is 0.164. The summed E-state index contributed by atoms with van der Waals surface area (Å²) < 4.78 is 5.37. The summed E-state index contributed by atoms with van der Waals surface area (Å²) in [5.41, 5.74) is 0.608. The molecule has 0 heterocycles. The third-order valence-corrected chi connectivity index (χ3v) is 2.42. The molecule has 0 bridgehead atoms. The van der Waals surface area contributed by atoms with Crippen molar-refractivity contribution in [2.24, 2.45) is 0 Å². The molecule has 0 radical (unpaired) electrons. The van der Waals surface area contributed by atoms with Crippen LogP contribution in [-0.2, 0) is 11.3 Å². The Balaban J connectivity index is 2.75. The van der Waals surface area contributed by atoms with Crippen LogP contribution >= 0.6 is 0 Å². The second kappa shape index (κ2) is 7.90. The zero-order chi connectivity index (χ0) is 15.0. The number of hydrogen-bond acceptors (Lipinski definition) is 5. The van der Waals surface area contributed by atoms with Crippen molar-refractivity contribution in [3.8, 4) is 5.75 Å². The fraction of sp³-hybridized carbons (Fsp3) is 0.308. The molecule has 0 aliphatic rings. The van der Waals surface area contributed by atoms with Gasteiger partial charge in [-0.05, 0) is 13.1 Å². The van der Waals surface area contributed by atoms with E-state index in [9.17, 15) is 14.9 Å². The summed E-state index contributed by atoms with van der Waals surface area (Å²) in [7, 11) is 1.72. The highest BCUT2D eigenvalue weighted by molar-refractivity contribution is 5.77. The molecule has 0 atom stereocenters. The summed E-state index contributed by atoms with van der Waals surface area (Å²) >= 11 is 0. The average molecular weight is 279 g/mol. The van der Waals surface area contributed by atoms with E-state index < -0.39 is 4.92 Å². The fourth-order valence-electron chi connectivity index (χ4n) is 1.53. The number of nitrogens with one attached hydrogen (secondary N) is 2. The van der Waals surface area contributed by atoms with Gasteiger partial charge >= 0.3 is 0 Å². The van der Waals surface area contributed by atoms with Crippen LogP contribution in [-0.4, -0.2) is 31.0 Å². The summed E-state index contributed by atoms with van der Waals surface area (Å²) in [5, 5.41) is 16.2. The minimum atomic E-state index is -0.472. The van der Waals surface area contributed by atoms with Gasteiger partial charge in [-0.15, -0.1) is 6.58 Å². The highest BCUT2D eigenvalue weighted by Crippen LogP contribution is 2.24. The average Bonchev–Trinajstić information content (AvgIpc) is 2.43. The lowest BCUT2D eigenvalue weighted by Crippen LogP contribution is -2.29. The van der Waals surface area contributed by atoms with Gasteiger partial charge in [0.05, 0.1) is 4.92 Å². The second-order valence-corrected chi connectivity index (χ2v) is 3.96. The first-order valence-electron chi connectivity index (χ1n) is 6.00. The molecule has 0 unspecified atom stereocenters. The largest absolute Gasteiger partial charge is 0.483 e. The minimum absolute atomic E-state index is 0.0151. The van der Waals surface area contributed by atoms with E-state index in [1.807, 2.05) is 0 Å². The standard InChI is InChI=1S/C13H17N3O4/c1-3-6-15-13(17)9-20-12-5-4-11(16(18)19)7-10(12)8-14-2/h3-5,7,14H,1,6,8-9H2,2H3,(H,15,17). The van der Waals surface area contributed by atoms with Crippen molar-refractivity contribution < 1.29 is 14.5 Å². The molecule has 20 heavy (non-hydrogen) atoms. The van der Waals surface area contributed by atoms with Gasteiger partial charge in [-0.2, -0.15) is 0 Å². The molecule has 1 aromatic rings. The maximum Gasteiger partial charge on any atom is 0.270 e. The number of nitro benzene ring substituents is 1. The highest BCUT2D eigenvalue weighted by Gasteiger charge is 2.12. The minimum Gasteiger partial charge on any atom is -0.483 e. The van der Waals surface area contributed by atoms with E-state index in [0.717, 1.165) is 0 Å². The number of nitro groups is 1. The van der Waals surface area contributed by atoms with E-state index in [4.69, 9.17) is 4.74 Å². The van der Waals surface area contributed by atoms with Crippen LogP contribution in [0.15, 0.2) is 30.9 Å². The van der Waals surface area contributed by atoms with Gasteiger partial charge in [-0.1, -0.05) is 6.08 Å². The van der Waals surface area contributed by atoms with Gasteiger partial charge in [0.25, 0.3) is 11.6 Å². The molecule has 2 N–H and O–H groups in total. The summed E-state index contributed by atoms with van der Waals surface area (Å²) in [6.45, 7) is 4.11. The van der Waals surface area contributed by atoms with Crippen molar-refractivity contribution in [3.63, 3.8) is 0 Å². The number of rotatable bonds is 8. The third kappa shape index (κ3) is 4.69. The Labute approximate surface area is 116 Å². The van der Waals surface area contributed by atoms with Gasteiger partial charge in [0.2, 0.25) is 0 Å². The molecule has 0 spiro atoms. The lowest BCUT2D eigenvalue weighted by Gasteiger charge is -2.11. The smallest absolute Gasteiger partial charge is 0.270 e. The predicted molar refractivity (Wildman–Crippen MR) is 74.6 cm³/mol. The molecule has 1 rings (SSSR count). The van der Waals surface area contributed by atoms with Crippen molar-refractivity contribution in [2.45, 2.75) is 6.54 Å². The Morgan fingerprint density at radius 1 is 1.55 bits per heavy atom. The van der Waals surface area contributed by atoms with Gasteiger partial charge in [0.1, 0.15) is 5.75 Å². The lowest BCUT2D eigenvalue weighted by atomic mass is 10.2. The molecule has 7 heteroatoms. The van der Waals surface area contributed by atoms with Gasteiger partial charge < -0.3 is 15.4 Å². The van der Waals surface area contributed by atoms with Crippen molar-refractivity contribution in [3.05, 3.63) is 46.5 Å². The molecule has 0 aliphatic heterocycles. The molecule has 1 amide bonds. The number of carbonyl (C=O) groups is 1. The molecule has 1 aromatic carbocycles. The number of amides is 1. The highest BCUT2D eigenvalue weighted by atomic mass is 16.6. The summed E-state index contributed by atoms with van der Waals surface area (Å²) in [6, 6.07) is 4.26. The number of hydrogen-bond donors (Lipinski definition) is 2. The van der Waals surface area contributed by atoms with Crippen LogP contribution < -0.4 is 15.4 Å². The second-order valence-electron chi connectivity index (χ2n) is 3.96. The Bertz CT molecular complexity index is 502. The monoisotopic (exact) mass is 279 g/mol. The summed E-state index contributed by atoms with van der Waals surface area (Å²) in [6.07, 6.45) is 1.57. The van der Waals surface area contributed by atoms with Crippen LogP contribution in [0.4, 0.5) is 5.69 Å². The van der Waals surface area contributed by atoms with E-state index in [1.54, 1.807) is 13.1 Å². The van der Waals surface area contributed by atoms with Crippen LogP contribution in [0.3, 0.4) is 0 Å². The van der Waals surface area contributed by atoms with Crippen LogP contribution in [0.2, 0.25) is 0 Å². The zero-order valence-electron chi connectivity index (χ0n) is 11.2. The predicted octanol–water partition coefficient (Wildman–Crippen LogP) is 0.995. The first-order valence-corrected chi connectivity index (χ1v) is 6.00. The Morgan fingerprint density at radius 3 is 2.90 bits per heavy atom. The normalized spacial score (nSPS) is 9.85. The SMILES string of the molecule is C=CCNC(=O)COc1ccc([N+](=O)[O-])cc1CNC. The van der Waals surface area contributed by atoms with Gasteiger partial charge in [-0.25, -0.2) is 0 Å². The molecule has 0 fully saturated rings. The number of benzene rings is 1. The molecule has 0 aromatic heterocycles. The molecule has 108 valence electrons. The van der Waals surface area contributed by atoms with Crippen LogP contribution in [0, 0.1) is 10.1 Å². The maximum absolute atomic E-state index is 11.4. The van der Waals surface area contributed by atoms with E-state index >= 15 is 0 Å². The van der Waals surface area contributed by atoms with Crippen molar-refractivity contribution in [1.29, 1.82) is 0 Å². The molecular weight excluding hydrogens is 262 g/mol. The van der Waals surface area contributed by atoms with Crippen molar-refractivity contribution >= 4 is 11.6 Å². The molecule has 0 saturated heterocycles. The number of non-ortho nitro benzene ring substituents is 1. The van der Waals surface area contributed by atoms with Gasteiger partial charge in [-0.3, -0.25) is 14.9 Å². The topological polar surface area (TPSA) is 93.5 Å². The lowest BCUT2D eigenvalue weighted by molar-refractivity contribution is -0.384. The third-order valence-electron chi connectivity index (χ3n) is 2.42. The zero-order valence-corrected chi connectivity index (χ0v) is 11.2. The Morgan fingerprint density at radius 2 is 2.30 bits per heavy atom. The van der Waals surface area contributed by atoms with Crippen LogP contribution in [0.25, 0.3) is 0 Å². The van der Waals surface area contributed by atoms with Gasteiger partial charge in [0, 0.05) is 30.8 Å².